The molecule has 0 spiro atoms. The van der Waals surface area contributed by atoms with E-state index in [1.54, 1.807) is 7.11 Å². The number of methoxy groups -OCH3 is 1. The van der Waals surface area contributed by atoms with Crippen LogP contribution in [0.2, 0.25) is 0 Å². The van der Waals surface area contributed by atoms with Crippen molar-refractivity contribution in [3.8, 4) is 5.75 Å². The smallest absolute Gasteiger partial charge is 0.119 e. The standard InChI is InChI=1S/C17H27NO2/c1-5-18-17-15-11-14(19-4)7-6-13(15)10-16(17)20-9-8-12(2)3/h6-7,11-12,16-18H,5,8-10H2,1-4H3. The molecule has 3 heteroatoms. The molecule has 0 fully saturated rings. The highest BCUT2D eigenvalue weighted by Gasteiger charge is 2.32. The van der Waals surface area contributed by atoms with Gasteiger partial charge in [0.2, 0.25) is 0 Å². The zero-order valence-electron chi connectivity index (χ0n) is 13.1. The van der Waals surface area contributed by atoms with Gasteiger partial charge in [0.25, 0.3) is 0 Å². The van der Waals surface area contributed by atoms with Gasteiger partial charge in [0, 0.05) is 13.0 Å². The van der Waals surface area contributed by atoms with Gasteiger partial charge in [0.05, 0.1) is 19.3 Å². The molecule has 112 valence electrons. The summed E-state index contributed by atoms with van der Waals surface area (Å²) >= 11 is 0. The first-order valence-electron chi connectivity index (χ1n) is 7.67. The molecule has 1 aliphatic carbocycles. The monoisotopic (exact) mass is 277 g/mol. The molecule has 3 nitrogen and oxygen atoms in total. The SMILES string of the molecule is CCNC1c2cc(OC)ccc2CC1OCCC(C)C. The van der Waals surface area contributed by atoms with E-state index >= 15 is 0 Å². The van der Waals surface area contributed by atoms with Gasteiger partial charge in [-0.15, -0.1) is 0 Å². The van der Waals surface area contributed by atoms with Crippen molar-refractivity contribution >= 4 is 0 Å². The van der Waals surface area contributed by atoms with Crippen molar-refractivity contribution < 1.29 is 9.47 Å². The molecule has 0 saturated heterocycles. The molecule has 0 aliphatic heterocycles. The summed E-state index contributed by atoms with van der Waals surface area (Å²) in [4.78, 5) is 0. The summed E-state index contributed by atoms with van der Waals surface area (Å²) in [5.74, 6) is 1.62. The highest BCUT2D eigenvalue weighted by atomic mass is 16.5. The van der Waals surface area contributed by atoms with Crippen LogP contribution < -0.4 is 10.1 Å². The number of ether oxygens (including phenoxy) is 2. The minimum atomic E-state index is 0.246. The van der Waals surface area contributed by atoms with E-state index in [0.29, 0.717) is 5.92 Å². The summed E-state index contributed by atoms with van der Waals surface area (Å²) < 4.78 is 11.5. The Morgan fingerprint density at radius 1 is 1.35 bits per heavy atom. The number of hydrogen-bond donors (Lipinski definition) is 1. The molecule has 0 heterocycles. The molecular weight excluding hydrogens is 250 g/mol. The third-order valence-corrected chi connectivity index (χ3v) is 3.93. The van der Waals surface area contributed by atoms with E-state index in [1.165, 1.54) is 11.1 Å². The highest BCUT2D eigenvalue weighted by Crippen LogP contribution is 2.35. The maximum Gasteiger partial charge on any atom is 0.119 e. The maximum atomic E-state index is 6.13. The molecule has 0 saturated carbocycles. The first-order chi connectivity index (χ1) is 9.65. The van der Waals surface area contributed by atoms with Crippen LogP contribution in [-0.2, 0) is 11.2 Å². The second-order valence-corrected chi connectivity index (χ2v) is 5.90. The van der Waals surface area contributed by atoms with Crippen molar-refractivity contribution in [3.05, 3.63) is 29.3 Å². The van der Waals surface area contributed by atoms with Gasteiger partial charge in [-0.2, -0.15) is 0 Å². The van der Waals surface area contributed by atoms with Crippen LogP contribution in [0.15, 0.2) is 18.2 Å². The number of hydrogen-bond acceptors (Lipinski definition) is 3. The molecule has 2 atom stereocenters. The lowest BCUT2D eigenvalue weighted by Crippen LogP contribution is -2.31. The summed E-state index contributed by atoms with van der Waals surface area (Å²) in [6, 6.07) is 6.65. The highest BCUT2D eigenvalue weighted by molar-refractivity contribution is 5.42. The Balaban J connectivity index is 2.08. The van der Waals surface area contributed by atoms with Crippen LogP contribution in [-0.4, -0.2) is 26.4 Å². The second kappa shape index (κ2) is 7.09. The fourth-order valence-corrected chi connectivity index (χ4v) is 2.78. The number of likely N-dealkylation sites (N-methyl/N-ethyl adjacent to an activating group) is 1. The van der Waals surface area contributed by atoms with Gasteiger partial charge in [0.15, 0.2) is 0 Å². The van der Waals surface area contributed by atoms with Gasteiger partial charge in [0.1, 0.15) is 5.75 Å². The Bertz CT molecular complexity index is 431. The third-order valence-electron chi connectivity index (χ3n) is 3.93. The molecule has 1 aliphatic rings. The molecule has 0 amide bonds. The summed E-state index contributed by atoms with van der Waals surface area (Å²) in [5.41, 5.74) is 2.71. The molecule has 1 aromatic carbocycles. The van der Waals surface area contributed by atoms with Crippen molar-refractivity contribution in [1.29, 1.82) is 0 Å². The van der Waals surface area contributed by atoms with Crippen LogP contribution in [0.25, 0.3) is 0 Å². The second-order valence-electron chi connectivity index (χ2n) is 5.90. The van der Waals surface area contributed by atoms with E-state index in [2.05, 4.69) is 38.2 Å². The van der Waals surface area contributed by atoms with Gasteiger partial charge >= 0.3 is 0 Å². The van der Waals surface area contributed by atoms with Crippen molar-refractivity contribution in [2.75, 3.05) is 20.3 Å². The largest absolute Gasteiger partial charge is 0.497 e. The van der Waals surface area contributed by atoms with Crippen LogP contribution in [0.4, 0.5) is 0 Å². The molecule has 20 heavy (non-hydrogen) atoms. The molecule has 1 aromatic rings. The lowest BCUT2D eigenvalue weighted by atomic mass is 10.1. The van der Waals surface area contributed by atoms with E-state index in [4.69, 9.17) is 9.47 Å². The summed E-state index contributed by atoms with van der Waals surface area (Å²) in [7, 11) is 1.72. The summed E-state index contributed by atoms with van der Waals surface area (Å²) in [6.07, 6.45) is 2.36. The number of nitrogens with one attached hydrogen (secondary N) is 1. The molecule has 1 N–H and O–H groups in total. The van der Waals surface area contributed by atoms with E-state index in [-0.39, 0.29) is 12.1 Å². The van der Waals surface area contributed by atoms with Crippen LogP contribution >= 0.6 is 0 Å². The topological polar surface area (TPSA) is 30.5 Å². The molecular formula is C17H27NO2. The lowest BCUT2D eigenvalue weighted by Gasteiger charge is -2.22. The normalized spacial score (nSPS) is 21.2. The van der Waals surface area contributed by atoms with Crippen molar-refractivity contribution in [1.82, 2.24) is 5.32 Å². The van der Waals surface area contributed by atoms with E-state index < -0.39 is 0 Å². The minimum Gasteiger partial charge on any atom is -0.497 e. The first-order valence-corrected chi connectivity index (χ1v) is 7.67. The third kappa shape index (κ3) is 3.53. The molecule has 0 radical (unpaired) electrons. The zero-order chi connectivity index (χ0) is 14.5. The van der Waals surface area contributed by atoms with Gasteiger partial charge in [-0.1, -0.05) is 26.8 Å². The average molecular weight is 277 g/mol. The van der Waals surface area contributed by atoms with Gasteiger partial charge in [-0.05, 0) is 42.1 Å². The van der Waals surface area contributed by atoms with Gasteiger partial charge in [-0.25, -0.2) is 0 Å². The summed E-state index contributed by atoms with van der Waals surface area (Å²) in [6.45, 7) is 8.41. The van der Waals surface area contributed by atoms with Crippen LogP contribution in [0.3, 0.4) is 0 Å². The van der Waals surface area contributed by atoms with Crippen molar-refractivity contribution in [2.45, 2.75) is 45.8 Å². The Morgan fingerprint density at radius 2 is 2.15 bits per heavy atom. The number of benzene rings is 1. The number of fused-ring (bicyclic) bond motifs is 1. The lowest BCUT2D eigenvalue weighted by molar-refractivity contribution is 0.0292. The Morgan fingerprint density at radius 3 is 2.80 bits per heavy atom. The van der Waals surface area contributed by atoms with E-state index in [1.807, 2.05) is 6.07 Å². The van der Waals surface area contributed by atoms with E-state index in [0.717, 1.165) is 31.7 Å². The quantitative estimate of drug-likeness (QED) is 0.829. The van der Waals surface area contributed by atoms with Gasteiger partial charge in [-0.3, -0.25) is 0 Å². The van der Waals surface area contributed by atoms with Crippen LogP contribution in [0.1, 0.15) is 44.4 Å². The fraction of sp³-hybridized carbons (Fsp3) is 0.647. The minimum absolute atomic E-state index is 0.246. The number of rotatable bonds is 7. The molecule has 0 aromatic heterocycles. The van der Waals surface area contributed by atoms with Gasteiger partial charge < -0.3 is 14.8 Å². The predicted molar refractivity (Wildman–Crippen MR) is 82.3 cm³/mol. The zero-order valence-corrected chi connectivity index (χ0v) is 13.1. The Hall–Kier alpha value is -1.06. The van der Waals surface area contributed by atoms with Crippen molar-refractivity contribution in [2.24, 2.45) is 5.92 Å². The first kappa shape index (κ1) is 15.3. The molecule has 2 unspecified atom stereocenters. The Labute approximate surface area is 122 Å². The van der Waals surface area contributed by atoms with Crippen molar-refractivity contribution in [3.63, 3.8) is 0 Å². The van der Waals surface area contributed by atoms with Crippen LogP contribution in [0, 0.1) is 5.92 Å². The van der Waals surface area contributed by atoms with E-state index in [9.17, 15) is 0 Å². The molecule has 2 rings (SSSR count). The predicted octanol–water partition coefficient (Wildman–Crippen LogP) is 3.33. The molecule has 0 bridgehead atoms. The maximum absolute atomic E-state index is 6.13. The fourth-order valence-electron chi connectivity index (χ4n) is 2.78. The Kier molecular flexibility index (Phi) is 5.44. The van der Waals surface area contributed by atoms with Crippen LogP contribution in [0.5, 0.6) is 5.75 Å². The summed E-state index contributed by atoms with van der Waals surface area (Å²) in [5, 5.41) is 3.56. The average Bonchev–Trinajstić information content (AvgIpc) is 2.76.